The molecule has 1 aromatic carbocycles. The third-order valence-electron chi connectivity index (χ3n) is 4.41. The fraction of sp³-hybridized carbons (Fsp3) is 0.625. The number of ether oxygens (including phenoxy) is 3. The zero-order valence-corrected chi connectivity index (χ0v) is 12.2. The maximum absolute atomic E-state index is 10.7. The zero-order valence-electron chi connectivity index (χ0n) is 12.2. The van der Waals surface area contributed by atoms with Gasteiger partial charge < -0.3 is 25.1 Å². The molecule has 1 aromatic rings. The summed E-state index contributed by atoms with van der Waals surface area (Å²) >= 11 is 0. The molecule has 1 saturated heterocycles. The summed E-state index contributed by atoms with van der Waals surface area (Å²) in [6, 6.07) is 5.84. The van der Waals surface area contributed by atoms with Crippen molar-refractivity contribution in [2.75, 3.05) is 33.0 Å². The summed E-state index contributed by atoms with van der Waals surface area (Å²) in [5, 5.41) is 10.7. The van der Waals surface area contributed by atoms with Crippen LogP contribution in [-0.2, 0) is 4.74 Å². The van der Waals surface area contributed by atoms with Crippen molar-refractivity contribution in [3.63, 3.8) is 0 Å². The Hall–Kier alpha value is -1.30. The molecular formula is C16H23NO4. The van der Waals surface area contributed by atoms with Gasteiger partial charge in [0.25, 0.3) is 0 Å². The molecule has 0 spiro atoms. The molecule has 2 atom stereocenters. The molecule has 2 aliphatic rings. The Morgan fingerprint density at radius 1 is 1.10 bits per heavy atom. The van der Waals surface area contributed by atoms with Crippen LogP contribution in [0.25, 0.3) is 0 Å². The normalized spacial score (nSPS) is 21.8. The molecule has 5 nitrogen and oxygen atoms in total. The summed E-state index contributed by atoms with van der Waals surface area (Å²) in [6.07, 6.45) is 1.34. The first-order valence-corrected chi connectivity index (χ1v) is 7.65. The van der Waals surface area contributed by atoms with E-state index < -0.39 is 6.10 Å². The highest BCUT2D eigenvalue weighted by Crippen LogP contribution is 2.36. The van der Waals surface area contributed by atoms with E-state index in [2.05, 4.69) is 0 Å². The highest BCUT2D eigenvalue weighted by atomic mass is 16.6. The van der Waals surface area contributed by atoms with Gasteiger partial charge in [0, 0.05) is 25.7 Å². The summed E-state index contributed by atoms with van der Waals surface area (Å²) in [5.74, 6) is 1.68. The first-order chi connectivity index (χ1) is 10.3. The number of aliphatic hydroxyl groups is 1. The summed E-state index contributed by atoms with van der Waals surface area (Å²) in [5.41, 5.74) is 6.94. The number of aliphatic hydroxyl groups excluding tert-OH is 1. The van der Waals surface area contributed by atoms with Crippen LogP contribution in [0.4, 0.5) is 0 Å². The van der Waals surface area contributed by atoms with Crippen molar-refractivity contribution in [1.82, 2.24) is 0 Å². The van der Waals surface area contributed by atoms with Gasteiger partial charge in [-0.25, -0.2) is 0 Å². The van der Waals surface area contributed by atoms with Crippen molar-refractivity contribution in [3.05, 3.63) is 23.8 Å². The molecule has 2 heterocycles. The largest absolute Gasteiger partial charge is 0.486 e. The molecule has 0 radical (unpaired) electrons. The van der Waals surface area contributed by atoms with Crippen molar-refractivity contribution in [1.29, 1.82) is 0 Å². The fourth-order valence-corrected chi connectivity index (χ4v) is 3.15. The van der Waals surface area contributed by atoms with Crippen molar-refractivity contribution < 1.29 is 19.3 Å². The number of hydrogen-bond donors (Lipinski definition) is 2. The molecule has 1 fully saturated rings. The molecule has 0 bridgehead atoms. The van der Waals surface area contributed by atoms with Crippen molar-refractivity contribution in [3.8, 4) is 11.5 Å². The fourth-order valence-electron chi connectivity index (χ4n) is 3.15. The average molecular weight is 293 g/mol. The predicted octanol–water partition coefficient (Wildman–Crippen LogP) is 1.29. The minimum Gasteiger partial charge on any atom is -0.486 e. The lowest BCUT2D eigenvalue weighted by atomic mass is 9.82. The quantitative estimate of drug-likeness (QED) is 0.875. The minimum absolute atomic E-state index is 0.0797. The SMILES string of the molecule is NCC(c1ccc2c(c1)OCCO2)C(O)C1CCOCC1. The van der Waals surface area contributed by atoms with E-state index in [0.717, 1.165) is 43.1 Å². The van der Waals surface area contributed by atoms with E-state index in [9.17, 15) is 5.11 Å². The number of nitrogens with two attached hydrogens (primary N) is 1. The number of hydrogen-bond acceptors (Lipinski definition) is 5. The molecule has 3 rings (SSSR count). The van der Waals surface area contributed by atoms with Crippen LogP contribution in [0.15, 0.2) is 18.2 Å². The van der Waals surface area contributed by atoms with Crippen LogP contribution in [0.1, 0.15) is 24.3 Å². The molecule has 5 heteroatoms. The van der Waals surface area contributed by atoms with Crippen molar-refractivity contribution in [2.24, 2.45) is 11.7 Å². The molecule has 0 aromatic heterocycles. The van der Waals surface area contributed by atoms with Gasteiger partial charge in [-0.2, -0.15) is 0 Å². The van der Waals surface area contributed by atoms with E-state index in [-0.39, 0.29) is 11.8 Å². The molecule has 0 aliphatic carbocycles. The molecule has 0 amide bonds. The van der Waals surface area contributed by atoms with Gasteiger partial charge in [-0.1, -0.05) is 6.07 Å². The van der Waals surface area contributed by atoms with E-state index in [4.69, 9.17) is 19.9 Å². The van der Waals surface area contributed by atoms with Gasteiger partial charge in [-0.05, 0) is 36.5 Å². The second kappa shape index (κ2) is 6.64. The number of rotatable bonds is 4. The third-order valence-corrected chi connectivity index (χ3v) is 4.41. The highest BCUT2D eigenvalue weighted by Gasteiger charge is 2.30. The second-order valence-electron chi connectivity index (χ2n) is 5.69. The predicted molar refractivity (Wildman–Crippen MR) is 78.8 cm³/mol. The number of benzene rings is 1. The van der Waals surface area contributed by atoms with Crippen LogP contribution in [-0.4, -0.2) is 44.2 Å². The molecule has 116 valence electrons. The summed E-state index contributed by atoms with van der Waals surface area (Å²) in [4.78, 5) is 0. The lowest BCUT2D eigenvalue weighted by Crippen LogP contribution is -2.35. The maximum Gasteiger partial charge on any atom is 0.161 e. The summed E-state index contributed by atoms with van der Waals surface area (Å²) in [7, 11) is 0. The lowest BCUT2D eigenvalue weighted by Gasteiger charge is -2.32. The molecular weight excluding hydrogens is 270 g/mol. The second-order valence-corrected chi connectivity index (χ2v) is 5.69. The smallest absolute Gasteiger partial charge is 0.161 e. The van der Waals surface area contributed by atoms with E-state index in [1.54, 1.807) is 0 Å². The van der Waals surface area contributed by atoms with Gasteiger partial charge in [0.1, 0.15) is 13.2 Å². The Bertz CT molecular complexity index is 473. The number of fused-ring (bicyclic) bond motifs is 1. The third kappa shape index (κ3) is 3.15. The van der Waals surface area contributed by atoms with Crippen molar-refractivity contribution in [2.45, 2.75) is 24.9 Å². The summed E-state index contributed by atoms with van der Waals surface area (Å²) in [6.45, 7) is 3.00. The Morgan fingerprint density at radius 3 is 2.52 bits per heavy atom. The lowest BCUT2D eigenvalue weighted by molar-refractivity contribution is -0.00199. The average Bonchev–Trinajstić information content (AvgIpc) is 2.56. The summed E-state index contributed by atoms with van der Waals surface area (Å²) < 4.78 is 16.5. The Labute approximate surface area is 125 Å². The first-order valence-electron chi connectivity index (χ1n) is 7.65. The van der Waals surface area contributed by atoms with E-state index in [1.807, 2.05) is 18.2 Å². The van der Waals surface area contributed by atoms with Crippen LogP contribution >= 0.6 is 0 Å². The van der Waals surface area contributed by atoms with E-state index >= 15 is 0 Å². The van der Waals surface area contributed by atoms with Gasteiger partial charge in [0.2, 0.25) is 0 Å². The molecule has 21 heavy (non-hydrogen) atoms. The molecule has 2 unspecified atom stereocenters. The zero-order chi connectivity index (χ0) is 14.7. The Balaban J connectivity index is 1.78. The van der Waals surface area contributed by atoms with Crippen LogP contribution < -0.4 is 15.2 Å². The standard InChI is InChI=1S/C16H23NO4/c17-10-13(16(18)11-3-5-19-6-4-11)12-1-2-14-15(9-12)21-8-7-20-14/h1-2,9,11,13,16,18H,3-8,10,17H2. The van der Waals surface area contributed by atoms with Gasteiger partial charge in [-0.15, -0.1) is 0 Å². The van der Waals surface area contributed by atoms with Gasteiger partial charge >= 0.3 is 0 Å². The minimum atomic E-state index is -0.443. The molecule has 0 saturated carbocycles. The van der Waals surface area contributed by atoms with Gasteiger partial charge in [-0.3, -0.25) is 0 Å². The van der Waals surface area contributed by atoms with Crippen LogP contribution in [0.2, 0.25) is 0 Å². The van der Waals surface area contributed by atoms with Gasteiger partial charge in [0.05, 0.1) is 6.10 Å². The van der Waals surface area contributed by atoms with E-state index in [1.165, 1.54) is 0 Å². The first kappa shape index (κ1) is 14.6. The molecule has 2 aliphatic heterocycles. The van der Waals surface area contributed by atoms with Crippen LogP contribution in [0.3, 0.4) is 0 Å². The van der Waals surface area contributed by atoms with E-state index in [0.29, 0.717) is 19.8 Å². The van der Waals surface area contributed by atoms with Gasteiger partial charge in [0.15, 0.2) is 11.5 Å². The van der Waals surface area contributed by atoms with Crippen LogP contribution in [0.5, 0.6) is 11.5 Å². The monoisotopic (exact) mass is 293 g/mol. The Kier molecular flexibility index (Phi) is 4.63. The maximum atomic E-state index is 10.7. The Morgan fingerprint density at radius 2 is 1.81 bits per heavy atom. The van der Waals surface area contributed by atoms with Crippen LogP contribution in [0, 0.1) is 5.92 Å². The topological polar surface area (TPSA) is 73.9 Å². The highest BCUT2D eigenvalue weighted by molar-refractivity contribution is 5.45. The molecule has 3 N–H and O–H groups in total. The van der Waals surface area contributed by atoms with Crippen molar-refractivity contribution >= 4 is 0 Å².